The van der Waals surface area contributed by atoms with E-state index in [0.29, 0.717) is 0 Å². The van der Waals surface area contributed by atoms with Crippen LogP contribution in [0.5, 0.6) is 0 Å². The van der Waals surface area contributed by atoms with Crippen molar-refractivity contribution in [2.24, 2.45) is 0 Å². The Labute approximate surface area is 206 Å². The Bertz CT molecular complexity index is 1570. The van der Waals surface area contributed by atoms with Crippen LogP contribution in [0.1, 0.15) is 25.0 Å². The third kappa shape index (κ3) is 2.77. The van der Waals surface area contributed by atoms with Crippen LogP contribution in [0, 0.1) is 0 Å². The van der Waals surface area contributed by atoms with E-state index in [0.717, 1.165) is 0 Å². The molecule has 1 heterocycles. The van der Waals surface area contributed by atoms with Gasteiger partial charge in [-0.25, -0.2) is 0 Å². The van der Waals surface area contributed by atoms with E-state index in [-0.39, 0.29) is 5.41 Å². The van der Waals surface area contributed by atoms with Gasteiger partial charge in [0.2, 0.25) is 0 Å². The molecule has 0 amide bonds. The number of rotatable bonds is 2. The second-order valence-corrected chi connectivity index (χ2v) is 9.86. The summed E-state index contributed by atoms with van der Waals surface area (Å²) in [6.45, 7) is 4.74. The first kappa shape index (κ1) is 20.1. The lowest BCUT2D eigenvalue weighted by Gasteiger charge is -2.43. The number of hydrogen-bond acceptors (Lipinski definition) is 2. The summed E-state index contributed by atoms with van der Waals surface area (Å²) in [6, 6.07) is 43.8. The van der Waals surface area contributed by atoms with Gasteiger partial charge in [-0.15, -0.1) is 0 Å². The summed E-state index contributed by atoms with van der Waals surface area (Å²) in [5.41, 5.74) is 12.5. The Morgan fingerprint density at radius 3 is 1.69 bits per heavy atom. The summed E-state index contributed by atoms with van der Waals surface area (Å²) in [6.07, 6.45) is 0. The van der Waals surface area contributed by atoms with Gasteiger partial charge in [-0.1, -0.05) is 92.7 Å². The van der Waals surface area contributed by atoms with Crippen LogP contribution >= 0.6 is 0 Å². The Morgan fingerprint density at radius 1 is 0.457 bits per heavy atom. The molecule has 2 aliphatic rings. The molecule has 5 aromatic rings. The summed E-state index contributed by atoms with van der Waals surface area (Å²) < 4.78 is 0. The van der Waals surface area contributed by atoms with E-state index < -0.39 is 0 Å². The van der Waals surface area contributed by atoms with Gasteiger partial charge in [0.05, 0.1) is 22.7 Å². The highest BCUT2D eigenvalue weighted by Gasteiger charge is 2.42. The Hall–Kier alpha value is -4.30. The van der Waals surface area contributed by atoms with Crippen molar-refractivity contribution in [2.45, 2.75) is 19.3 Å². The van der Waals surface area contributed by atoms with Crippen molar-refractivity contribution in [3.05, 3.63) is 132 Å². The topological polar surface area (TPSA) is 6.48 Å². The molecule has 0 fully saturated rings. The molecule has 0 aromatic heterocycles. The number of fused-ring (bicyclic) bond motifs is 6. The molecule has 1 aliphatic heterocycles. The van der Waals surface area contributed by atoms with Gasteiger partial charge in [0.15, 0.2) is 0 Å². The number of para-hydroxylation sites is 4. The van der Waals surface area contributed by atoms with Crippen LogP contribution < -0.4 is 9.80 Å². The van der Waals surface area contributed by atoms with Crippen molar-refractivity contribution in [1.82, 2.24) is 0 Å². The average molecular weight is 451 g/mol. The van der Waals surface area contributed by atoms with Gasteiger partial charge in [-0.3, -0.25) is 0 Å². The molecule has 0 saturated carbocycles. The van der Waals surface area contributed by atoms with Crippen LogP contribution in [0.2, 0.25) is 0 Å². The maximum Gasteiger partial charge on any atom is 0.0750 e. The fourth-order valence-electron chi connectivity index (χ4n) is 6.03. The zero-order valence-corrected chi connectivity index (χ0v) is 19.9. The van der Waals surface area contributed by atoms with Crippen molar-refractivity contribution in [1.29, 1.82) is 0 Å². The van der Waals surface area contributed by atoms with Crippen molar-refractivity contribution in [3.63, 3.8) is 0 Å². The van der Waals surface area contributed by atoms with Crippen molar-refractivity contribution in [3.8, 4) is 11.1 Å². The molecular weight excluding hydrogens is 424 g/mol. The summed E-state index contributed by atoms with van der Waals surface area (Å²) in [5, 5.41) is 0. The monoisotopic (exact) mass is 450 g/mol. The molecule has 0 unspecified atom stereocenters. The van der Waals surface area contributed by atoms with E-state index in [1.807, 2.05) is 0 Å². The Balaban J connectivity index is 1.61. The third-order valence-electron chi connectivity index (χ3n) is 7.53. The van der Waals surface area contributed by atoms with Crippen LogP contribution in [-0.2, 0) is 5.41 Å². The highest BCUT2D eigenvalue weighted by atomic mass is 15.3. The number of hydrogen-bond donors (Lipinski definition) is 0. The van der Waals surface area contributed by atoms with E-state index in [1.54, 1.807) is 0 Å². The van der Waals surface area contributed by atoms with Gasteiger partial charge < -0.3 is 9.80 Å². The normalized spacial score (nSPS) is 14.7. The Morgan fingerprint density at radius 2 is 1.00 bits per heavy atom. The molecule has 35 heavy (non-hydrogen) atoms. The molecule has 2 nitrogen and oxygen atoms in total. The molecule has 0 atom stereocenters. The fourth-order valence-corrected chi connectivity index (χ4v) is 6.03. The zero-order valence-electron chi connectivity index (χ0n) is 19.9. The molecule has 0 saturated heterocycles. The lowest BCUT2D eigenvalue weighted by molar-refractivity contribution is 0.660. The van der Waals surface area contributed by atoms with Gasteiger partial charge in [-0.2, -0.15) is 0 Å². The molecule has 0 radical (unpaired) electrons. The van der Waals surface area contributed by atoms with Crippen LogP contribution in [0.3, 0.4) is 0 Å². The maximum absolute atomic E-state index is 2.47. The minimum absolute atomic E-state index is 0.126. The highest BCUT2D eigenvalue weighted by Crippen LogP contribution is 2.61. The molecule has 7 rings (SSSR count). The van der Waals surface area contributed by atoms with E-state index in [2.05, 4.69) is 145 Å². The van der Waals surface area contributed by atoms with Crippen LogP contribution in [0.15, 0.2) is 121 Å². The quantitative estimate of drug-likeness (QED) is 0.259. The lowest BCUT2D eigenvalue weighted by atomic mass is 9.80. The van der Waals surface area contributed by atoms with Crippen molar-refractivity contribution in [2.75, 3.05) is 9.80 Å². The number of anilines is 6. The summed E-state index contributed by atoms with van der Waals surface area (Å²) in [5.74, 6) is 0. The van der Waals surface area contributed by atoms with Crippen LogP contribution in [0.25, 0.3) is 11.1 Å². The zero-order chi connectivity index (χ0) is 23.6. The highest BCUT2D eigenvalue weighted by molar-refractivity contribution is 6.05. The SMILES string of the molecule is CC1(C)c2ccccc2-c2ccc3c(c21)N(c1ccccc1)c1ccccc1N3c1ccccc1. The lowest BCUT2D eigenvalue weighted by Crippen LogP contribution is -2.28. The first-order valence-electron chi connectivity index (χ1n) is 12.2. The summed E-state index contributed by atoms with van der Waals surface area (Å²) in [4.78, 5) is 4.89. The van der Waals surface area contributed by atoms with E-state index in [1.165, 1.54) is 56.4 Å². The maximum atomic E-state index is 2.47. The number of nitrogens with zero attached hydrogens (tertiary/aromatic N) is 2. The van der Waals surface area contributed by atoms with Crippen molar-refractivity contribution < 1.29 is 0 Å². The minimum Gasteiger partial charge on any atom is -0.306 e. The molecule has 0 bridgehead atoms. The van der Waals surface area contributed by atoms with E-state index >= 15 is 0 Å². The smallest absolute Gasteiger partial charge is 0.0750 e. The van der Waals surface area contributed by atoms with Crippen LogP contribution in [-0.4, -0.2) is 0 Å². The first-order valence-corrected chi connectivity index (χ1v) is 12.2. The molecule has 5 aromatic carbocycles. The summed E-state index contributed by atoms with van der Waals surface area (Å²) >= 11 is 0. The van der Waals surface area contributed by atoms with Crippen molar-refractivity contribution >= 4 is 34.1 Å². The molecular formula is C33H26N2. The third-order valence-corrected chi connectivity index (χ3v) is 7.53. The van der Waals surface area contributed by atoms with E-state index in [9.17, 15) is 0 Å². The summed E-state index contributed by atoms with van der Waals surface area (Å²) in [7, 11) is 0. The Kier molecular flexibility index (Phi) is 4.22. The second-order valence-electron chi connectivity index (χ2n) is 9.86. The van der Waals surface area contributed by atoms with Gasteiger partial charge in [0, 0.05) is 16.8 Å². The number of benzene rings is 5. The largest absolute Gasteiger partial charge is 0.306 e. The molecule has 1 aliphatic carbocycles. The van der Waals surface area contributed by atoms with E-state index in [4.69, 9.17) is 0 Å². The van der Waals surface area contributed by atoms with Gasteiger partial charge >= 0.3 is 0 Å². The van der Waals surface area contributed by atoms with Gasteiger partial charge in [0.1, 0.15) is 0 Å². The van der Waals surface area contributed by atoms with Gasteiger partial charge in [-0.05, 0) is 64.7 Å². The standard InChI is InChI=1S/C33H26N2/c1-33(2)27-18-10-9-17-25(27)26-21-22-30-32(31(26)33)35(24-15-7-4-8-16-24)29-20-12-11-19-28(29)34(30)23-13-5-3-6-14-23/h3-22H,1-2H3. The van der Waals surface area contributed by atoms with Crippen LogP contribution in [0.4, 0.5) is 34.1 Å². The molecule has 168 valence electrons. The minimum atomic E-state index is -0.126. The molecule has 2 heteroatoms. The molecule has 0 N–H and O–H groups in total. The fraction of sp³-hybridized carbons (Fsp3) is 0.0909. The predicted octanol–water partition coefficient (Wildman–Crippen LogP) is 9.25. The predicted molar refractivity (Wildman–Crippen MR) is 147 cm³/mol. The van der Waals surface area contributed by atoms with Gasteiger partial charge in [0.25, 0.3) is 0 Å². The molecule has 0 spiro atoms. The first-order chi connectivity index (χ1) is 17.2. The second kappa shape index (κ2) is 7.35. The average Bonchev–Trinajstić information content (AvgIpc) is 3.15.